The molecule has 0 aliphatic heterocycles. The molecule has 0 bridgehead atoms. The number of hydrogen-bond donors (Lipinski definition) is 3. The van der Waals surface area contributed by atoms with Gasteiger partial charge in [-0.25, -0.2) is 4.39 Å². The third-order valence-corrected chi connectivity index (χ3v) is 4.99. The van der Waals surface area contributed by atoms with E-state index in [1.165, 1.54) is 31.4 Å². The van der Waals surface area contributed by atoms with Crippen LogP contribution in [-0.4, -0.2) is 30.0 Å². The Morgan fingerprint density at radius 3 is 2.19 bits per heavy atom. The summed E-state index contributed by atoms with van der Waals surface area (Å²) in [6.45, 7) is 8.24. The van der Waals surface area contributed by atoms with Crippen molar-refractivity contribution in [3.8, 4) is 16.9 Å². The molecule has 7 nitrogen and oxygen atoms in total. The van der Waals surface area contributed by atoms with Crippen LogP contribution in [0, 0.1) is 16.6 Å². The van der Waals surface area contributed by atoms with E-state index in [1.807, 2.05) is 0 Å². The second kappa shape index (κ2) is 9.38. The van der Waals surface area contributed by atoms with Gasteiger partial charge in [-0.3, -0.25) is 25.2 Å². The lowest BCUT2D eigenvalue weighted by atomic mass is 9.84. The third-order valence-electron chi connectivity index (χ3n) is 4.99. The molecule has 0 saturated carbocycles. The van der Waals surface area contributed by atoms with Crippen LogP contribution >= 0.6 is 0 Å². The van der Waals surface area contributed by atoms with Crippen molar-refractivity contribution in [1.29, 1.82) is 0 Å². The van der Waals surface area contributed by atoms with Crippen LogP contribution in [0.4, 0.5) is 4.39 Å². The van der Waals surface area contributed by atoms with Gasteiger partial charge in [0.1, 0.15) is 11.6 Å². The number of carbonyl (C=O) groups excluding carboxylic acids is 2. The van der Waals surface area contributed by atoms with Crippen LogP contribution in [0.25, 0.3) is 11.1 Å². The van der Waals surface area contributed by atoms with Gasteiger partial charge >= 0.3 is 5.97 Å². The lowest BCUT2D eigenvalue weighted by Crippen LogP contribution is -2.46. The van der Waals surface area contributed by atoms with Gasteiger partial charge < -0.3 is 9.84 Å². The van der Waals surface area contributed by atoms with Gasteiger partial charge in [-0.1, -0.05) is 32.9 Å². The Hall–Kier alpha value is -3.42. The molecule has 0 atom stereocenters. The van der Waals surface area contributed by atoms with Crippen LogP contribution in [0.2, 0.25) is 0 Å². The molecule has 2 amide bonds. The Labute approximate surface area is 186 Å². The Morgan fingerprint density at radius 2 is 1.62 bits per heavy atom. The lowest BCUT2D eigenvalue weighted by molar-refractivity contribution is -0.146. The molecule has 32 heavy (non-hydrogen) atoms. The largest absolute Gasteiger partial charge is 0.497 e. The molecule has 0 spiro atoms. The summed E-state index contributed by atoms with van der Waals surface area (Å²) in [6.07, 6.45) is 0.151. The van der Waals surface area contributed by atoms with Crippen molar-refractivity contribution >= 4 is 17.8 Å². The summed E-state index contributed by atoms with van der Waals surface area (Å²) >= 11 is 0. The standard InChI is InChI=1S/C24H29FN2O5/c1-23(2,3)21(29)27-26-20(28)18-11-14(13-24(4,5)22(30)31)7-9-16(18)17-12-15(32-6)8-10-19(17)25/h7-12H,13H2,1-6H3,(H,26,28)(H,27,29)(H,30,31). The molecule has 0 aromatic heterocycles. The Kier molecular flexibility index (Phi) is 7.28. The van der Waals surface area contributed by atoms with Crippen LogP contribution < -0.4 is 15.6 Å². The van der Waals surface area contributed by atoms with E-state index in [4.69, 9.17) is 4.74 Å². The highest BCUT2D eigenvalue weighted by atomic mass is 19.1. The highest BCUT2D eigenvalue weighted by Crippen LogP contribution is 2.32. The summed E-state index contributed by atoms with van der Waals surface area (Å²) in [6, 6.07) is 8.90. The average Bonchev–Trinajstić information content (AvgIpc) is 2.71. The first-order valence-electron chi connectivity index (χ1n) is 10.1. The smallest absolute Gasteiger partial charge is 0.309 e. The van der Waals surface area contributed by atoms with Gasteiger partial charge in [0, 0.05) is 16.5 Å². The first-order valence-corrected chi connectivity index (χ1v) is 10.1. The van der Waals surface area contributed by atoms with E-state index in [2.05, 4.69) is 10.9 Å². The molecular formula is C24H29FN2O5. The topological polar surface area (TPSA) is 105 Å². The van der Waals surface area contributed by atoms with E-state index in [9.17, 15) is 23.9 Å². The molecule has 0 radical (unpaired) electrons. The first kappa shape index (κ1) is 24.8. The number of benzene rings is 2. The maximum Gasteiger partial charge on any atom is 0.309 e. The molecule has 0 aliphatic rings. The third kappa shape index (κ3) is 5.84. The summed E-state index contributed by atoms with van der Waals surface area (Å²) in [5.74, 6) is -2.19. The first-order chi connectivity index (χ1) is 14.8. The zero-order chi connectivity index (χ0) is 24.3. The van der Waals surface area contributed by atoms with E-state index >= 15 is 0 Å². The van der Waals surface area contributed by atoms with Gasteiger partial charge in [0.2, 0.25) is 5.91 Å². The van der Waals surface area contributed by atoms with Crippen molar-refractivity contribution in [1.82, 2.24) is 10.9 Å². The maximum atomic E-state index is 14.6. The molecule has 2 aromatic rings. The van der Waals surface area contributed by atoms with Gasteiger partial charge in [-0.15, -0.1) is 0 Å². The molecule has 0 aliphatic carbocycles. The highest BCUT2D eigenvalue weighted by molar-refractivity contribution is 6.02. The number of rotatable bonds is 6. The molecule has 2 aromatic carbocycles. The van der Waals surface area contributed by atoms with Crippen LogP contribution in [0.1, 0.15) is 50.5 Å². The Bertz CT molecular complexity index is 1040. The second-order valence-corrected chi connectivity index (χ2v) is 9.25. The van der Waals surface area contributed by atoms with Crippen LogP contribution in [0.3, 0.4) is 0 Å². The molecule has 8 heteroatoms. The van der Waals surface area contributed by atoms with Crippen molar-refractivity contribution < 1.29 is 28.6 Å². The normalized spacial score (nSPS) is 11.6. The van der Waals surface area contributed by atoms with E-state index < -0.39 is 34.4 Å². The van der Waals surface area contributed by atoms with E-state index in [-0.39, 0.29) is 23.1 Å². The fraction of sp³-hybridized carbons (Fsp3) is 0.375. The van der Waals surface area contributed by atoms with Gasteiger partial charge in [-0.05, 0) is 55.7 Å². The van der Waals surface area contributed by atoms with E-state index in [1.54, 1.807) is 46.8 Å². The second-order valence-electron chi connectivity index (χ2n) is 9.25. The summed E-state index contributed by atoms with van der Waals surface area (Å²) in [5, 5.41) is 9.44. The number of hydrazine groups is 1. The molecule has 0 heterocycles. The minimum absolute atomic E-state index is 0.0880. The quantitative estimate of drug-likeness (QED) is 0.585. The number of halogens is 1. The minimum atomic E-state index is -1.07. The number of carbonyl (C=O) groups is 3. The highest BCUT2D eigenvalue weighted by Gasteiger charge is 2.28. The van der Waals surface area contributed by atoms with Gasteiger partial charge in [0.05, 0.1) is 12.5 Å². The molecule has 172 valence electrons. The molecule has 0 unspecified atom stereocenters. The number of ether oxygens (including phenoxy) is 1. The van der Waals surface area contributed by atoms with Crippen LogP contribution in [0.15, 0.2) is 36.4 Å². The SMILES string of the molecule is COc1ccc(F)c(-c2ccc(CC(C)(C)C(=O)O)cc2C(=O)NNC(=O)C(C)(C)C)c1. The average molecular weight is 445 g/mol. The minimum Gasteiger partial charge on any atom is -0.497 e. The zero-order valence-electron chi connectivity index (χ0n) is 19.1. The van der Waals surface area contributed by atoms with Crippen LogP contribution in [-0.2, 0) is 16.0 Å². The molecule has 2 rings (SSSR count). The van der Waals surface area contributed by atoms with Gasteiger partial charge in [0.25, 0.3) is 5.91 Å². The van der Waals surface area contributed by atoms with E-state index in [0.717, 1.165) is 0 Å². The fourth-order valence-electron chi connectivity index (χ4n) is 2.92. The molecule has 0 fully saturated rings. The predicted octanol–water partition coefficient (Wildman–Crippen LogP) is 3.96. The van der Waals surface area contributed by atoms with Crippen molar-refractivity contribution in [3.05, 3.63) is 53.3 Å². The Morgan fingerprint density at radius 1 is 0.969 bits per heavy atom. The van der Waals surface area contributed by atoms with E-state index in [0.29, 0.717) is 11.3 Å². The molecule has 0 saturated heterocycles. The Balaban J connectivity index is 2.53. The fourth-order valence-corrected chi connectivity index (χ4v) is 2.92. The number of nitrogens with one attached hydrogen (secondary N) is 2. The van der Waals surface area contributed by atoms with Crippen LogP contribution in [0.5, 0.6) is 5.75 Å². The lowest BCUT2D eigenvalue weighted by Gasteiger charge is -2.21. The number of methoxy groups -OCH3 is 1. The number of carboxylic acid groups (broad SMARTS) is 1. The van der Waals surface area contributed by atoms with Gasteiger partial charge in [-0.2, -0.15) is 0 Å². The molecular weight excluding hydrogens is 415 g/mol. The summed E-state index contributed by atoms with van der Waals surface area (Å²) < 4.78 is 19.8. The molecule has 3 N–H and O–H groups in total. The predicted molar refractivity (Wildman–Crippen MR) is 119 cm³/mol. The number of aliphatic carboxylic acids is 1. The summed E-state index contributed by atoms with van der Waals surface area (Å²) in [4.78, 5) is 36.7. The van der Waals surface area contributed by atoms with Crippen molar-refractivity contribution in [3.63, 3.8) is 0 Å². The zero-order valence-corrected chi connectivity index (χ0v) is 19.1. The number of amides is 2. The maximum absolute atomic E-state index is 14.6. The number of hydrogen-bond acceptors (Lipinski definition) is 4. The van der Waals surface area contributed by atoms with Crippen molar-refractivity contribution in [2.24, 2.45) is 10.8 Å². The van der Waals surface area contributed by atoms with Crippen molar-refractivity contribution in [2.45, 2.75) is 41.0 Å². The summed E-state index contributed by atoms with van der Waals surface area (Å²) in [7, 11) is 1.45. The monoisotopic (exact) mass is 444 g/mol. The van der Waals surface area contributed by atoms with Crippen molar-refractivity contribution in [2.75, 3.05) is 7.11 Å². The summed E-state index contributed by atoms with van der Waals surface area (Å²) in [5.41, 5.74) is 4.02. The number of carboxylic acids is 1. The van der Waals surface area contributed by atoms with Gasteiger partial charge in [0.15, 0.2) is 0 Å².